The average molecular weight is 643 g/mol. The Hall–Kier alpha value is -3.22. The normalized spacial score (nSPS) is 18.6. The fraction of sp³-hybridized carbons (Fsp3) is 0.484. The summed E-state index contributed by atoms with van der Waals surface area (Å²) in [5.74, 6) is 2.08. The van der Waals surface area contributed by atoms with Gasteiger partial charge in [-0.3, -0.25) is 9.80 Å². The van der Waals surface area contributed by atoms with Crippen molar-refractivity contribution in [2.24, 2.45) is 5.92 Å². The van der Waals surface area contributed by atoms with Crippen LogP contribution in [0.4, 0.5) is 10.7 Å². The molecule has 0 unspecified atom stereocenters. The Morgan fingerprint density at radius 1 is 0.977 bits per heavy atom. The highest BCUT2D eigenvalue weighted by Crippen LogP contribution is 2.31. The van der Waals surface area contributed by atoms with E-state index < -0.39 is 0 Å². The summed E-state index contributed by atoms with van der Waals surface area (Å²) < 4.78 is 16.3. The molecule has 1 aromatic carbocycles. The SMILES string of the molecule is COC(=O)NCC1CCN(Cc2cc(Oc3cnc(N4CCN(C5COC5)CC4)nc3)nc(-c3cc(Cl)cc(Cl)c3)c2)CC1. The molecule has 2 aromatic heterocycles. The van der Waals surface area contributed by atoms with Crippen LogP contribution in [0.2, 0.25) is 10.0 Å². The van der Waals surface area contributed by atoms with Crippen LogP contribution in [0.1, 0.15) is 18.4 Å². The quantitative estimate of drug-likeness (QED) is 0.353. The summed E-state index contributed by atoms with van der Waals surface area (Å²) in [5, 5.41) is 3.89. The molecule has 0 bridgehead atoms. The Kier molecular flexibility index (Phi) is 9.98. The smallest absolute Gasteiger partial charge is 0.406 e. The molecule has 3 aliphatic heterocycles. The summed E-state index contributed by atoms with van der Waals surface area (Å²) in [6.45, 7) is 8.57. The molecule has 11 nitrogen and oxygen atoms in total. The number of likely N-dealkylation sites (tertiary alicyclic amines) is 1. The molecule has 1 amide bonds. The number of benzene rings is 1. The highest BCUT2D eigenvalue weighted by atomic mass is 35.5. The maximum Gasteiger partial charge on any atom is 0.406 e. The lowest BCUT2D eigenvalue weighted by atomic mass is 9.96. The number of hydrogen-bond donors (Lipinski definition) is 1. The lowest BCUT2D eigenvalue weighted by Crippen LogP contribution is -2.56. The maximum atomic E-state index is 11.5. The van der Waals surface area contributed by atoms with E-state index in [9.17, 15) is 4.79 Å². The molecule has 3 aliphatic rings. The Labute approximate surface area is 267 Å². The Morgan fingerprint density at radius 3 is 2.32 bits per heavy atom. The predicted molar refractivity (Wildman–Crippen MR) is 169 cm³/mol. The number of nitrogens with one attached hydrogen (secondary N) is 1. The van der Waals surface area contributed by atoms with Crippen molar-refractivity contribution < 1.29 is 19.0 Å². The van der Waals surface area contributed by atoms with Crippen LogP contribution >= 0.6 is 23.2 Å². The van der Waals surface area contributed by atoms with E-state index in [0.29, 0.717) is 51.8 Å². The van der Waals surface area contributed by atoms with Crippen LogP contribution in [0.25, 0.3) is 11.3 Å². The number of rotatable bonds is 9. The lowest BCUT2D eigenvalue weighted by molar-refractivity contribution is -0.0661. The zero-order chi connectivity index (χ0) is 30.5. The number of piperazine rings is 1. The number of nitrogens with zero attached hydrogens (tertiary/aromatic N) is 6. The first-order valence-corrected chi connectivity index (χ1v) is 15.8. The van der Waals surface area contributed by atoms with Crippen molar-refractivity contribution in [1.29, 1.82) is 0 Å². The molecule has 1 N–H and O–H groups in total. The molecule has 6 rings (SSSR count). The van der Waals surface area contributed by atoms with Gasteiger partial charge >= 0.3 is 6.09 Å². The molecule has 13 heteroatoms. The van der Waals surface area contributed by atoms with Crippen molar-refractivity contribution in [2.45, 2.75) is 25.4 Å². The molecule has 0 saturated carbocycles. The predicted octanol–water partition coefficient (Wildman–Crippen LogP) is 4.73. The number of alkyl carbamates (subject to hydrolysis) is 1. The van der Waals surface area contributed by atoms with Crippen molar-refractivity contribution in [3.63, 3.8) is 0 Å². The van der Waals surface area contributed by atoms with Gasteiger partial charge in [-0.25, -0.2) is 19.7 Å². The minimum Gasteiger partial charge on any atom is -0.453 e. The molecule has 3 aromatic rings. The van der Waals surface area contributed by atoms with Crippen LogP contribution < -0.4 is 15.0 Å². The third-order valence-corrected chi connectivity index (χ3v) is 8.86. The number of carbonyl (C=O) groups is 1. The molecule has 0 atom stereocenters. The lowest BCUT2D eigenvalue weighted by Gasteiger charge is -2.42. The van der Waals surface area contributed by atoms with Crippen LogP contribution in [0.3, 0.4) is 0 Å². The van der Waals surface area contributed by atoms with Gasteiger partial charge in [0.15, 0.2) is 5.75 Å². The Balaban J connectivity index is 1.13. The highest BCUT2D eigenvalue weighted by Gasteiger charge is 2.29. The molecule has 44 heavy (non-hydrogen) atoms. The highest BCUT2D eigenvalue weighted by molar-refractivity contribution is 6.35. The summed E-state index contributed by atoms with van der Waals surface area (Å²) in [5.41, 5.74) is 2.58. The van der Waals surface area contributed by atoms with Gasteiger partial charge in [0.25, 0.3) is 0 Å². The van der Waals surface area contributed by atoms with Crippen LogP contribution in [0.15, 0.2) is 42.7 Å². The fourth-order valence-electron chi connectivity index (χ4n) is 5.83. The van der Waals surface area contributed by atoms with Crippen molar-refractivity contribution in [1.82, 2.24) is 30.1 Å². The van der Waals surface area contributed by atoms with Gasteiger partial charge < -0.3 is 24.4 Å². The number of piperidine rings is 1. The maximum absolute atomic E-state index is 11.5. The van der Waals surface area contributed by atoms with E-state index in [1.54, 1.807) is 18.5 Å². The standard InChI is InChI=1S/C31H37Cl2N7O4/c1-42-31(41)36-15-21-2-4-38(5-3-21)18-22-10-28(23-12-24(32)14-25(33)13-23)37-29(11-22)44-27-16-34-30(35-17-27)40-8-6-39(7-9-40)26-19-43-20-26/h10-14,16-17,21,26H,2-9,15,18-20H2,1H3,(H,36,41). The van der Waals surface area contributed by atoms with Crippen LogP contribution in [0, 0.1) is 5.92 Å². The summed E-state index contributed by atoms with van der Waals surface area (Å²) >= 11 is 12.7. The Morgan fingerprint density at radius 2 is 1.68 bits per heavy atom. The first-order chi connectivity index (χ1) is 21.4. The Bertz CT molecular complexity index is 1410. The number of amides is 1. The van der Waals surface area contributed by atoms with Gasteiger partial charge in [-0.15, -0.1) is 0 Å². The number of pyridine rings is 1. The fourth-order valence-corrected chi connectivity index (χ4v) is 6.35. The number of hydrogen-bond acceptors (Lipinski definition) is 10. The third kappa shape index (κ3) is 7.89. The van der Waals surface area contributed by atoms with E-state index in [2.05, 4.69) is 36.1 Å². The minimum absolute atomic E-state index is 0.386. The molecule has 0 radical (unpaired) electrons. The minimum atomic E-state index is -0.386. The first-order valence-electron chi connectivity index (χ1n) is 15.0. The largest absolute Gasteiger partial charge is 0.453 e. The molecule has 3 saturated heterocycles. The van der Waals surface area contributed by atoms with Gasteiger partial charge in [0.05, 0.1) is 44.5 Å². The summed E-state index contributed by atoms with van der Waals surface area (Å²) in [6, 6.07) is 9.95. The van der Waals surface area contributed by atoms with Crippen molar-refractivity contribution in [2.75, 3.05) is 71.0 Å². The molecule has 0 spiro atoms. The van der Waals surface area contributed by atoms with E-state index in [0.717, 1.165) is 83.0 Å². The van der Waals surface area contributed by atoms with Gasteiger partial charge in [0.2, 0.25) is 11.8 Å². The molecule has 3 fully saturated rings. The van der Waals surface area contributed by atoms with E-state index in [1.807, 2.05) is 18.2 Å². The van der Waals surface area contributed by atoms with E-state index in [1.165, 1.54) is 7.11 Å². The molecule has 5 heterocycles. The van der Waals surface area contributed by atoms with E-state index in [-0.39, 0.29) is 6.09 Å². The number of carbonyl (C=O) groups excluding carboxylic acids is 1. The number of methoxy groups -OCH3 is 1. The number of ether oxygens (including phenoxy) is 3. The summed E-state index contributed by atoms with van der Waals surface area (Å²) in [4.78, 5) is 32.5. The topological polar surface area (TPSA) is 105 Å². The van der Waals surface area contributed by atoms with Gasteiger partial charge in [0.1, 0.15) is 0 Å². The average Bonchev–Trinajstić information content (AvgIpc) is 3.00. The van der Waals surface area contributed by atoms with Crippen LogP contribution in [-0.2, 0) is 16.0 Å². The molecular formula is C31H37Cl2N7O4. The first kappa shape index (κ1) is 30.8. The second-order valence-corrected chi connectivity index (χ2v) is 12.4. The van der Waals surface area contributed by atoms with Crippen molar-refractivity contribution >= 4 is 35.2 Å². The second-order valence-electron chi connectivity index (χ2n) is 11.5. The molecule has 0 aliphatic carbocycles. The number of halogens is 2. The van der Waals surface area contributed by atoms with Gasteiger partial charge in [0, 0.05) is 60.9 Å². The monoisotopic (exact) mass is 641 g/mol. The zero-order valence-corrected chi connectivity index (χ0v) is 26.3. The summed E-state index contributed by atoms with van der Waals surface area (Å²) in [6.07, 6.45) is 4.99. The second kappa shape index (κ2) is 14.3. The molecule has 234 valence electrons. The van der Waals surface area contributed by atoms with Gasteiger partial charge in [-0.2, -0.15) is 0 Å². The van der Waals surface area contributed by atoms with Crippen molar-refractivity contribution in [3.8, 4) is 22.9 Å². The summed E-state index contributed by atoms with van der Waals surface area (Å²) in [7, 11) is 1.38. The van der Waals surface area contributed by atoms with Crippen molar-refractivity contribution in [3.05, 3.63) is 58.3 Å². The van der Waals surface area contributed by atoms with E-state index in [4.69, 9.17) is 42.4 Å². The van der Waals surface area contributed by atoms with Crippen LogP contribution in [-0.4, -0.2) is 103 Å². The van der Waals surface area contributed by atoms with E-state index >= 15 is 0 Å². The number of aromatic nitrogens is 3. The number of anilines is 1. The zero-order valence-electron chi connectivity index (χ0n) is 24.8. The third-order valence-electron chi connectivity index (χ3n) is 8.42. The molecular weight excluding hydrogens is 605 g/mol. The van der Waals surface area contributed by atoms with Crippen LogP contribution in [0.5, 0.6) is 11.6 Å². The van der Waals surface area contributed by atoms with Gasteiger partial charge in [-0.1, -0.05) is 23.2 Å². The van der Waals surface area contributed by atoms with Gasteiger partial charge in [-0.05, 0) is 61.7 Å².